The summed E-state index contributed by atoms with van der Waals surface area (Å²) in [6, 6.07) is 11.5. The second-order valence-electron chi connectivity index (χ2n) is 7.74. The summed E-state index contributed by atoms with van der Waals surface area (Å²) in [5, 5.41) is 9.88. The van der Waals surface area contributed by atoms with Crippen LogP contribution in [0.25, 0.3) is 6.08 Å². The number of carbonyl (C=O) groups excluding carboxylic acids is 1. The third kappa shape index (κ3) is 4.72. The molecule has 0 saturated heterocycles. The van der Waals surface area contributed by atoms with Crippen molar-refractivity contribution >= 4 is 23.4 Å². The molecule has 9 heteroatoms. The van der Waals surface area contributed by atoms with Gasteiger partial charge in [-0.2, -0.15) is 0 Å². The van der Waals surface area contributed by atoms with E-state index in [4.69, 9.17) is 14.2 Å². The van der Waals surface area contributed by atoms with Gasteiger partial charge in [-0.05, 0) is 62.2 Å². The van der Waals surface area contributed by atoms with Gasteiger partial charge in [0.05, 0.1) is 42.2 Å². The SMILES string of the molecule is CCOC(=O)C1=C(C)N=c2s/c(=C/c3ccc(O)c(OC)c3)c(=O)n2C1c1ccc(OCC)cc1. The molecule has 1 aromatic heterocycles. The number of carbonyl (C=O) groups is 1. The van der Waals surface area contributed by atoms with Gasteiger partial charge in [0, 0.05) is 0 Å². The van der Waals surface area contributed by atoms with Crippen LogP contribution in [0.5, 0.6) is 17.2 Å². The van der Waals surface area contributed by atoms with Gasteiger partial charge in [0.15, 0.2) is 16.3 Å². The Kier molecular flexibility index (Phi) is 7.07. The average Bonchev–Trinajstić information content (AvgIpc) is 3.14. The Bertz CT molecular complexity index is 1470. The van der Waals surface area contributed by atoms with E-state index < -0.39 is 12.0 Å². The number of ether oxygens (including phenoxy) is 3. The number of aromatic hydroxyl groups is 1. The second kappa shape index (κ2) is 10.2. The lowest BCUT2D eigenvalue weighted by Gasteiger charge is -2.24. The van der Waals surface area contributed by atoms with Crippen molar-refractivity contribution in [1.82, 2.24) is 4.57 Å². The molecule has 1 unspecified atom stereocenters. The molecule has 0 bridgehead atoms. The molecule has 8 nitrogen and oxygen atoms in total. The van der Waals surface area contributed by atoms with Gasteiger partial charge in [-0.25, -0.2) is 9.79 Å². The molecule has 0 aliphatic carbocycles. The molecule has 0 saturated carbocycles. The molecule has 0 radical (unpaired) electrons. The van der Waals surface area contributed by atoms with E-state index in [-0.39, 0.29) is 17.9 Å². The van der Waals surface area contributed by atoms with E-state index >= 15 is 0 Å². The molecule has 35 heavy (non-hydrogen) atoms. The van der Waals surface area contributed by atoms with Crippen LogP contribution in [0.3, 0.4) is 0 Å². The van der Waals surface area contributed by atoms with Crippen molar-refractivity contribution in [2.45, 2.75) is 26.8 Å². The van der Waals surface area contributed by atoms with Crippen molar-refractivity contribution in [2.24, 2.45) is 4.99 Å². The van der Waals surface area contributed by atoms with Crippen LogP contribution in [0, 0.1) is 0 Å². The normalized spacial score (nSPS) is 15.4. The molecule has 1 aliphatic heterocycles. The van der Waals surface area contributed by atoms with Gasteiger partial charge in [0.1, 0.15) is 5.75 Å². The van der Waals surface area contributed by atoms with Crippen molar-refractivity contribution in [3.05, 3.63) is 84.5 Å². The number of benzene rings is 2. The molecular formula is C26H26N2O6S. The third-order valence-electron chi connectivity index (χ3n) is 5.53. The molecule has 2 heterocycles. The first-order valence-electron chi connectivity index (χ1n) is 11.2. The molecule has 3 aromatic rings. The van der Waals surface area contributed by atoms with E-state index in [9.17, 15) is 14.7 Å². The summed E-state index contributed by atoms with van der Waals surface area (Å²) >= 11 is 1.23. The Balaban J connectivity index is 1.90. The zero-order valence-corrected chi connectivity index (χ0v) is 20.7. The molecule has 0 amide bonds. The molecule has 4 rings (SSSR count). The van der Waals surface area contributed by atoms with E-state index in [1.54, 1.807) is 32.1 Å². The lowest BCUT2D eigenvalue weighted by atomic mass is 9.96. The zero-order valence-electron chi connectivity index (χ0n) is 19.9. The highest BCUT2D eigenvalue weighted by Crippen LogP contribution is 2.32. The number of phenols is 1. The first kappa shape index (κ1) is 24.3. The third-order valence-corrected chi connectivity index (χ3v) is 6.51. The highest BCUT2D eigenvalue weighted by atomic mass is 32.1. The lowest BCUT2D eigenvalue weighted by molar-refractivity contribution is -0.139. The van der Waals surface area contributed by atoms with Gasteiger partial charge in [0.2, 0.25) is 0 Å². The Morgan fingerprint density at radius 3 is 2.57 bits per heavy atom. The summed E-state index contributed by atoms with van der Waals surface area (Å²) in [5.74, 6) is 0.504. The fourth-order valence-corrected chi connectivity index (χ4v) is 5.00. The van der Waals surface area contributed by atoms with E-state index in [1.165, 1.54) is 29.1 Å². The van der Waals surface area contributed by atoms with Crippen LogP contribution in [0.1, 0.15) is 37.9 Å². The Morgan fingerprint density at radius 2 is 1.91 bits per heavy atom. The molecular weight excluding hydrogens is 468 g/mol. The summed E-state index contributed by atoms with van der Waals surface area (Å²) in [6.07, 6.45) is 1.71. The fraction of sp³-hybridized carbons (Fsp3) is 0.269. The smallest absolute Gasteiger partial charge is 0.338 e. The number of thiazole rings is 1. The van der Waals surface area contributed by atoms with Gasteiger partial charge in [-0.15, -0.1) is 0 Å². The molecule has 1 atom stereocenters. The molecule has 182 valence electrons. The Hall–Kier alpha value is -3.85. The monoisotopic (exact) mass is 494 g/mol. The van der Waals surface area contributed by atoms with Gasteiger partial charge in [-0.3, -0.25) is 9.36 Å². The lowest BCUT2D eigenvalue weighted by Crippen LogP contribution is -2.39. The minimum atomic E-state index is -0.697. The van der Waals surface area contributed by atoms with Crippen LogP contribution in [0.2, 0.25) is 0 Å². The number of rotatable bonds is 7. The summed E-state index contributed by atoms with van der Waals surface area (Å²) < 4.78 is 18.0. The number of aromatic nitrogens is 1. The quantitative estimate of drug-likeness (QED) is 0.507. The zero-order chi connectivity index (χ0) is 25.1. The first-order valence-corrected chi connectivity index (χ1v) is 12.0. The number of nitrogens with zero attached hydrogens (tertiary/aromatic N) is 2. The van der Waals surface area contributed by atoms with Crippen LogP contribution in [-0.2, 0) is 9.53 Å². The summed E-state index contributed by atoms with van der Waals surface area (Å²) in [6.45, 7) is 6.12. The van der Waals surface area contributed by atoms with Crippen molar-refractivity contribution in [3.63, 3.8) is 0 Å². The number of hydrogen-bond donors (Lipinski definition) is 1. The van der Waals surface area contributed by atoms with Gasteiger partial charge >= 0.3 is 5.97 Å². The van der Waals surface area contributed by atoms with Crippen LogP contribution >= 0.6 is 11.3 Å². The van der Waals surface area contributed by atoms with Crippen LogP contribution in [0.4, 0.5) is 0 Å². The van der Waals surface area contributed by atoms with Crippen LogP contribution < -0.4 is 24.4 Å². The van der Waals surface area contributed by atoms with Crippen LogP contribution in [-0.4, -0.2) is 36.0 Å². The van der Waals surface area contributed by atoms with E-state index in [0.717, 1.165) is 5.56 Å². The van der Waals surface area contributed by atoms with E-state index in [1.807, 2.05) is 31.2 Å². The highest BCUT2D eigenvalue weighted by molar-refractivity contribution is 7.07. The summed E-state index contributed by atoms with van der Waals surface area (Å²) in [7, 11) is 1.46. The molecule has 0 fully saturated rings. The standard InChI is InChI=1S/C26H26N2O6S/c1-5-33-18-10-8-17(9-11-18)23-22(25(31)34-6-2)15(3)27-26-28(23)24(30)21(35-26)14-16-7-12-19(29)20(13-16)32-4/h7-14,23,29H,5-6H2,1-4H3/b21-14+. The largest absolute Gasteiger partial charge is 0.504 e. The number of methoxy groups -OCH3 is 1. The number of hydrogen-bond acceptors (Lipinski definition) is 8. The molecule has 0 spiro atoms. The predicted molar refractivity (Wildman–Crippen MR) is 133 cm³/mol. The fourth-order valence-electron chi connectivity index (χ4n) is 3.96. The predicted octanol–water partition coefficient (Wildman–Crippen LogP) is 2.91. The number of fused-ring (bicyclic) bond motifs is 1. The maximum atomic E-state index is 13.6. The number of phenolic OH excluding ortho intramolecular Hbond substituents is 1. The molecule has 2 aromatic carbocycles. The Labute approximate surface area is 206 Å². The molecule has 1 aliphatic rings. The van der Waals surface area contributed by atoms with Crippen LogP contribution in [0.15, 0.2) is 63.5 Å². The maximum Gasteiger partial charge on any atom is 0.338 e. The highest BCUT2D eigenvalue weighted by Gasteiger charge is 2.33. The topological polar surface area (TPSA) is 99.4 Å². The van der Waals surface area contributed by atoms with Crippen molar-refractivity contribution in [3.8, 4) is 17.2 Å². The molecule has 1 N–H and O–H groups in total. The van der Waals surface area contributed by atoms with E-state index in [2.05, 4.69) is 4.99 Å². The number of allylic oxidation sites excluding steroid dienone is 1. The number of esters is 1. The van der Waals surface area contributed by atoms with Gasteiger partial charge in [-0.1, -0.05) is 29.5 Å². The summed E-state index contributed by atoms with van der Waals surface area (Å²) in [4.78, 5) is 31.6. The minimum absolute atomic E-state index is 0.0105. The van der Waals surface area contributed by atoms with Gasteiger partial charge in [0.25, 0.3) is 5.56 Å². The maximum absolute atomic E-state index is 13.6. The van der Waals surface area contributed by atoms with Crippen molar-refractivity contribution < 1.29 is 24.1 Å². The first-order chi connectivity index (χ1) is 16.9. The van der Waals surface area contributed by atoms with E-state index in [0.29, 0.717) is 44.3 Å². The van der Waals surface area contributed by atoms with Crippen molar-refractivity contribution in [2.75, 3.05) is 20.3 Å². The van der Waals surface area contributed by atoms with Crippen molar-refractivity contribution in [1.29, 1.82) is 0 Å². The minimum Gasteiger partial charge on any atom is -0.504 e. The average molecular weight is 495 g/mol. The summed E-state index contributed by atoms with van der Waals surface area (Å²) in [5.41, 5.74) is 1.96. The second-order valence-corrected chi connectivity index (χ2v) is 8.74. The Morgan fingerprint density at radius 1 is 1.17 bits per heavy atom. The van der Waals surface area contributed by atoms with Gasteiger partial charge < -0.3 is 19.3 Å².